The summed E-state index contributed by atoms with van der Waals surface area (Å²) in [5.41, 5.74) is 4.77. The number of rotatable bonds is 6. The molecule has 0 bridgehead atoms. The Morgan fingerprint density at radius 3 is 2.38 bits per heavy atom. The topological polar surface area (TPSA) is 54.5 Å². The van der Waals surface area contributed by atoms with Gasteiger partial charge in [-0.1, -0.05) is 6.92 Å². The number of nitrogens with zero attached hydrogens (tertiary/aromatic N) is 2. The first-order valence-electron chi connectivity index (χ1n) is 11.6. The molecule has 1 aliphatic heterocycles. The van der Waals surface area contributed by atoms with Crippen LogP contribution in [0.3, 0.4) is 0 Å². The van der Waals surface area contributed by atoms with Crippen molar-refractivity contribution in [1.82, 2.24) is 10.3 Å². The molecule has 5 nitrogen and oxygen atoms in total. The van der Waals surface area contributed by atoms with Gasteiger partial charge in [-0.25, -0.2) is 4.39 Å². The number of nitrogens with one attached hydrogen (secondary N) is 1. The van der Waals surface area contributed by atoms with Crippen LogP contribution in [0.25, 0.3) is 11.1 Å². The first-order chi connectivity index (χ1) is 15.1. The van der Waals surface area contributed by atoms with Gasteiger partial charge in [-0.3, -0.25) is 9.78 Å². The van der Waals surface area contributed by atoms with Crippen LogP contribution < -0.4 is 10.2 Å². The van der Waals surface area contributed by atoms with Crippen molar-refractivity contribution in [2.75, 3.05) is 18.0 Å². The number of ether oxygens (including phenoxy) is 1. The average molecular weight is 440 g/mol. The number of carbonyl (C=O) groups excluding carboxylic acids is 1. The Bertz CT molecular complexity index is 988. The lowest BCUT2D eigenvalue weighted by molar-refractivity contribution is -0.122. The summed E-state index contributed by atoms with van der Waals surface area (Å²) in [4.78, 5) is 19.1. The summed E-state index contributed by atoms with van der Waals surface area (Å²) in [7, 11) is 0. The minimum Gasteiger partial charge on any atom is -0.372 e. The lowest BCUT2D eigenvalue weighted by atomic mass is 9.96. The zero-order valence-corrected chi connectivity index (χ0v) is 19.8. The summed E-state index contributed by atoms with van der Waals surface area (Å²) in [5.74, 6) is -0.254. The number of hydrogen-bond donors (Lipinski definition) is 1. The second kappa shape index (κ2) is 8.81. The quantitative estimate of drug-likeness (QED) is 0.694. The largest absolute Gasteiger partial charge is 0.372 e. The highest BCUT2D eigenvalue weighted by Gasteiger charge is 2.39. The first-order valence-corrected chi connectivity index (χ1v) is 11.6. The zero-order chi connectivity index (χ0) is 23.0. The van der Waals surface area contributed by atoms with Crippen molar-refractivity contribution in [3.63, 3.8) is 0 Å². The van der Waals surface area contributed by atoms with Crippen LogP contribution in [-0.2, 0) is 16.1 Å². The van der Waals surface area contributed by atoms with Crippen LogP contribution in [0.2, 0.25) is 0 Å². The number of hydrogen-bond acceptors (Lipinski definition) is 4. The van der Waals surface area contributed by atoms with E-state index in [0.29, 0.717) is 31.6 Å². The molecule has 1 amide bonds. The molecule has 1 saturated carbocycles. The molecule has 32 heavy (non-hydrogen) atoms. The Hall–Kier alpha value is -2.47. The van der Waals surface area contributed by atoms with Crippen molar-refractivity contribution in [2.45, 2.75) is 72.6 Å². The summed E-state index contributed by atoms with van der Waals surface area (Å²) in [5, 5.41) is 3.05. The van der Waals surface area contributed by atoms with E-state index >= 15 is 4.39 Å². The van der Waals surface area contributed by atoms with Gasteiger partial charge in [0, 0.05) is 48.7 Å². The average Bonchev–Trinajstić information content (AvgIpc) is 3.40. The molecule has 2 fully saturated rings. The molecule has 1 aliphatic carbocycles. The van der Waals surface area contributed by atoms with Crippen molar-refractivity contribution in [3.05, 3.63) is 47.0 Å². The molecule has 2 aliphatic rings. The Morgan fingerprint density at radius 1 is 1.16 bits per heavy atom. The number of pyridine rings is 1. The molecule has 1 aromatic carbocycles. The maximum Gasteiger partial charge on any atom is 0.220 e. The van der Waals surface area contributed by atoms with Gasteiger partial charge in [0.15, 0.2) is 0 Å². The van der Waals surface area contributed by atoms with Gasteiger partial charge in [0.25, 0.3) is 0 Å². The molecule has 1 aromatic heterocycles. The summed E-state index contributed by atoms with van der Waals surface area (Å²) < 4.78 is 21.5. The second-order valence-corrected chi connectivity index (χ2v) is 10.0. The molecule has 1 saturated heterocycles. The van der Waals surface area contributed by atoms with Crippen molar-refractivity contribution >= 4 is 11.6 Å². The molecule has 0 radical (unpaired) electrons. The fraction of sp³-hybridized carbons (Fsp3) is 0.538. The fourth-order valence-corrected chi connectivity index (χ4v) is 4.69. The summed E-state index contributed by atoms with van der Waals surface area (Å²) >= 11 is 0. The van der Waals surface area contributed by atoms with E-state index in [1.54, 1.807) is 6.07 Å². The molecular formula is C26H34FN3O2. The van der Waals surface area contributed by atoms with Crippen LogP contribution in [0.5, 0.6) is 0 Å². The number of aromatic nitrogens is 1. The van der Waals surface area contributed by atoms with E-state index in [2.05, 4.69) is 22.1 Å². The van der Waals surface area contributed by atoms with E-state index in [4.69, 9.17) is 4.74 Å². The standard InChI is InChI=1S/C26H34FN3O2/c1-16-8-20(9-17(2)29-16)25-21(13-28-24(31)12-26(5)6-7-26)10-22(11-23(25)27)30-14-18(3)32-19(4)15-30/h8-11,18-19H,6-7,12-15H2,1-5H3,(H,28,31)/t18-,19+. The van der Waals surface area contributed by atoms with Crippen molar-refractivity contribution in [2.24, 2.45) is 5.41 Å². The SMILES string of the molecule is Cc1cc(-c2c(F)cc(N3C[C@@H](C)O[C@@H](C)C3)cc2CNC(=O)CC2(C)CC2)cc(C)n1. The van der Waals surface area contributed by atoms with Crippen molar-refractivity contribution in [1.29, 1.82) is 0 Å². The van der Waals surface area contributed by atoms with Gasteiger partial charge >= 0.3 is 0 Å². The predicted molar refractivity (Wildman–Crippen MR) is 125 cm³/mol. The Balaban J connectivity index is 1.68. The van der Waals surface area contributed by atoms with E-state index in [-0.39, 0.29) is 29.3 Å². The molecular weight excluding hydrogens is 405 g/mol. The van der Waals surface area contributed by atoms with Crippen molar-refractivity contribution < 1.29 is 13.9 Å². The van der Waals surface area contributed by atoms with Crippen molar-refractivity contribution in [3.8, 4) is 11.1 Å². The van der Waals surface area contributed by atoms with Gasteiger partial charge < -0.3 is 15.0 Å². The third-order valence-corrected chi connectivity index (χ3v) is 6.48. The molecule has 172 valence electrons. The van der Waals surface area contributed by atoms with Gasteiger partial charge in [0.2, 0.25) is 5.91 Å². The van der Waals surface area contributed by atoms with E-state index in [0.717, 1.165) is 41.0 Å². The molecule has 2 aromatic rings. The smallest absolute Gasteiger partial charge is 0.220 e. The molecule has 2 heterocycles. The Kier molecular flexibility index (Phi) is 6.26. The van der Waals surface area contributed by atoms with Crippen LogP contribution in [-0.4, -0.2) is 36.2 Å². The number of aryl methyl sites for hydroxylation is 2. The third kappa shape index (κ3) is 5.29. The monoisotopic (exact) mass is 439 g/mol. The maximum absolute atomic E-state index is 15.6. The second-order valence-electron chi connectivity index (χ2n) is 10.0. The highest BCUT2D eigenvalue weighted by Crippen LogP contribution is 2.48. The number of benzene rings is 1. The summed E-state index contributed by atoms with van der Waals surface area (Å²) in [6.45, 7) is 11.8. The lowest BCUT2D eigenvalue weighted by Crippen LogP contribution is -2.45. The third-order valence-electron chi connectivity index (χ3n) is 6.48. The number of halogens is 1. The van der Waals surface area contributed by atoms with E-state index in [9.17, 15) is 4.79 Å². The summed E-state index contributed by atoms with van der Waals surface area (Å²) in [6, 6.07) is 7.44. The molecule has 0 spiro atoms. The van der Waals surface area contributed by atoms with Gasteiger partial charge in [0.1, 0.15) is 5.82 Å². The van der Waals surface area contributed by atoms with Gasteiger partial charge in [0.05, 0.1) is 12.2 Å². The number of morpholine rings is 1. The molecule has 2 atom stereocenters. The Morgan fingerprint density at radius 2 is 1.78 bits per heavy atom. The van der Waals surface area contributed by atoms with Gasteiger partial charge in [-0.15, -0.1) is 0 Å². The van der Waals surface area contributed by atoms with E-state index in [1.165, 1.54) is 0 Å². The molecule has 6 heteroatoms. The van der Waals surface area contributed by atoms with E-state index < -0.39 is 0 Å². The van der Waals surface area contributed by atoms with Crippen LogP contribution in [0.4, 0.5) is 10.1 Å². The van der Waals surface area contributed by atoms with Crippen LogP contribution >= 0.6 is 0 Å². The first kappa shape index (κ1) is 22.7. The Labute approximate surface area is 190 Å². The molecule has 0 unspecified atom stereocenters. The normalized spacial score (nSPS) is 22.0. The lowest BCUT2D eigenvalue weighted by Gasteiger charge is -2.37. The number of amides is 1. The van der Waals surface area contributed by atoms with Crippen LogP contribution in [0, 0.1) is 25.1 Å². The zero-order valence-electron chi connectivity index (χ0n) is 19.8. The minimum absolute atomic E-state index is 0.0254. The number of anilines is 1. The van der Waals surface area contributed by atoms with Gasteiger partial charge in [-0.2, -0.15) is 0 Å². The number of carbonyl (C=O) groups is 1. The fourth-order valence-electron chi connectivity index (χ4n) is 4.69. The maximum atomic E-state index is 15.6. The highest BCUT2D eigenvalue weighted by atomic mass is 19.1. The van der Waals surface area contributed by atoms with Crippen LogP contribution in [0.15, 0.2) is 24.3 Å². The van der Waals surface area contributed by atoms with E-state index in [1.807, 2.05) is 45.9 Å². The highest BCUT2D eigenvalue weighted by molar-refractivity contribution is 5.78. The predicted octanol–water partition coefficient (Wildman–Crippen LogP) is 4.92. The van der Waals surface area contributed by atoms with Crippen LogP contribution in [0.1, 0.15) is 57.0 Å². The molecule has 1 N–H and O–H groups in total. The summed E-state index contributed by atoms with van der Waals surface area (Å²) in [6.07, 6.45) is 2.87. The minimum atomic E-state index is -0.280. The van der Waals surface area contributed by atoms with Gasteiger partial charge in [-0.05, 0) is 81.3 Å². The molecule has 4 rings (SSSR count).